The molecule has 0 radical (unpaired) electrons. The van der Waals surface area contributed by atoms with Crippen molar-refractivity contribution in [3.05, 3.63) is 48.7 Å². The summed E-state index contributed by atoms with van der Waals surface area (Å²) in [7, 11) is -1.32. The van der Waals surface area contributed by atoms with Crippen LogP contribution < -0.4 is 4.18 Å². The summed E-state index contributed by atoms with van der Waals surface area (Å²) in [4.78, 5) is 4.70. The zero-order valence-electron chi connectivity index (χ0n) is 11.8. The Morgan fingerprint density at radius 3 is 2.57 bits per heavy atom. The van der Waals surface area contributed by atoms with Crippen LogP contribution in [0.4, 0.5) is 0 Å². The third-order valence-electron chi connectivity index (χ3n) is 4.21. The Bertz CT molecular complexity index is 1050. The average molecular weight is 294 g/mol. The van der Waals surface area contributed by atoms with Crippen molar-refractivity contribution in [1.29, 1.82) is 0 Å². The van der Waals surface area contributed by atoms with Gasteiger partial charge in [-0.2, -0.15) is 0 Å². The highest BCUT2D eigenvalue weighted by molar-refractivity contribution is 8.29. The SMILES string of the molecule is CS1(C)Oc2cccc3c4ccccc4c4ncc1n4c23. The Morgan fingerprint density at radius 1 is 0.952 bits per heavy atom. The van der Waals surface area contributed by atoms with Crippen LogP contribution >= 0.6 is 10.3 Å². The third kappa shape index (κ3) is 1.29. The smallest absolute Gasteiger partial charge is 0.160 e. The fraction of sp³-hybridized carbons (Fsp3) is 0.118. The quantitative estimate of drug-likeness (QED) is 0.450. The Balaban J connectivity index is 2.21. The number of rotatable bonds is 0. The first-order valence-corrected chi connectivity index (χ1v) is 9.28. The Labute approximate surface area is 123 Å². The van der Waals surface area contributed by atoms with Crippen molar-refractivity contribution in [1.82, 2.24) is 9.38 Å². The summed E-state index contributed by atoms with van der Waals surface area (Å²) in [5.74, 6) is 0.966. The number of aromatic nitrogens is 2. The van der Waals surface area contributed by atoms with Crippen LogP contribution in [0, 0.1) is 0 Å². The van der Waals surface area contributed by atoms with Crippen molar-refractivity contribution in [2.45, 2.75) is 5.03 Å². The van der Waals surface area contributed by atoms with Gasteiger partial charge in [0.2, 0.25) is 0 Å². The number of imidazole rings is 1. The summed E-state index contributed by atoms with van der Waals surface area (Å²) in [6, 6.07) is 14.8. The molecule has 3 nitrogen and oxygen atoms in total. The van der Waals surface area contributed by atoms with E-state index in [1.165, 1.54) is 21.2 Å². The van der Waals surface area contributed by atoms with E-state index < -0.39 is 10.3 Å². The van der Waals surface area contributed by atoms with Gasteiger partial charge in [-0.15, -0.1) is 0 Å². The highest BCUT2D eigenvalue weighted by atomic mass is 32.3. The first-order valence-electron chi connectivity index (χ1n) is 6.90. The van der Waals surface area contributed by atoms with E-state index in [-0.39, 0.29) is 0 Å². The van der Waals surface area contributed by atoms with Gasteiger partial charge in [-0.3, -0.25) is 4.40 Å². The minimum atomic E-state index is -1.32. The van der Waals surface area contributed by atoms with Gasteiger partial charge in [0, 0.05) is 23.3 Å². The molecular formula is C17H14N2OS. The number of hydrogen-bond acceptors (Lipinski definition) is 2. The zero-order valence-corrected chi connectivity index (χ0v) is 12.6. The minimum Gasteiger partial charge on any atom is -0.442 e. The Hall–Kier alpha value is -2.20. The number of nitrogens with zero attached hydrogens (tertiary/aromatic N) is 2. The molecule has 4 heteroatoms. The van der Waals surface area contributed by atoms with Gasteiger partial charge in [0.25, 0.3) is 0 Å². The van der Waals surface area contributed by atoms with E-state index in [4.69, 9.17) is 9.17 Å². The van der Waals surface area contributed by atoms with E-state index >= 15 is 0 Å². The van der Waals surface area contributed by atoms with E-state index in [1.54, 1.807) is 0 Å². The van der Waals surface area contributed by atoms with Crippen LogP contribution in [0.2, 0.25) is 0 Å². The van der Waals surface area contributed by atoms with Crippen molar-refractivity contribution >= 4 is 37.6 Å². The number of para-hydroxylation sites is 1. The standard InChI is InChI=1S/C17H14N2OS/c1-21(2)15-10-18-17-13-7-4-3-6-11(13)12-8-5-9-14(20-21)16(12)19(15)17/h3-10H,1-2H3. The molecule has 0 unspecified atom stereocenters. The highest BCUT2D eigenvalue weighted by Gasteiger charge is 2.29. The molecule has 0 N–H and O–H groups in total. The van der Waals surface area contributed by atoms with Gasteiger partial charge in [-0.1, -0.05) is 46.7 Å². The molecule has 0 amide bonds. The zero-order chi connectivity index (χ0) is 14.2. The maximum absolute atomic E-state index is 6.31. The molecule has 21 heavy (non-hydrogen) atoms. The van der Waals surface area contributed by atoms with Gasteiger partial charge in [-0.25, -0.2) is 4.98 Å². The summed E-state index contributed by atoms with van der Waals surface area (Å²) in [6.45, 7) is 0. The van der Waals surface area contributed by atoms with Crippen molar-refractivity contribution in [3.63, 3.8) is 0 Å². The minimum absolute atomic E-state index is 0.966. The lowest BCUT2D eigenvalue weighted by Gasteiger charge is -2.35. The summed E-state index contributed by atoms with van der Waals surface area (Å²) < 4.78 is 8.61. The van der Waals surface area contributed by atoms with Crippen molar-refractivity contribution < 1.29 is 4.18 Å². The molecule has 2 aromatic carbocycles. The number of fused-ring (bicyclic) bond motifs is 3. The lowest BCUT2D eigenvalue weighted by molar-refractivity contribution is 0.612. The molecule has 3 heterocycles. The fourth-order valence-electron chi connectivity index (χ4n) is 3.31. The van der Waals surface area contributed by atoms with Crippen LogP contribution in [0.15, 0.2) is 53.7 Å². The van der Waals surface area contributed by atoms with Crippen LogP contribution in [0.3, 0.4) is 0 Å². The molecule has 0 fully saturated rings. The second-order valence-electron chi connectivity index (χ2n) is 5.77. The Kier molecular flexibility index (Phi) is 1.92. The van der Waals surface area contributed by atoms with E-state index in [0.29, 0.717) is 0 Å². The highest BCUT2D eigenvalue weighted by Crippen LogP contribution is 2.56. The summed E-state index contributed by atoms with van der Waals surface area (Å²) in [6.07, 6.45) is 6.33. The van der Waals surface area contributed by atoms with Crippen molar-refractivity contribution in [3.8, 4) is 5.75 Å². The molecule has 4 aromatic rings. The van der Waals surface area contributed by atoms with Crippen LogP contribution in [-0.4, -0.2) is 21.9 Å². The topological polar surface area (TPSA) is 26.5 Å². The van der Waals surface area contributed by atoms with Gasteiger partial charge >= 0.3 is 0 Å². The number of pyridine rings is 1. The molecule has 0 bridgehead atoms. The first kappa shape index (κ1) is 11.5. The fourth-order valence-corrected chi connectivity index (χ4v) is 4.90. The summed E-state index contributed by atoms with van der Waals surface area (Å²) >= 11 is 0. The predicted octanol–water partition coefficient (Wildman–Crippen LogP) is 4.37. The second kappa shape index (κ2) is 3.52. The molecular weight excluding hydrogens is 280 g/mol. The third-order valence-corrected chi connectivity index (χ3v) is 6.10. The maximum Gasteiger partial charge on any atom is 0.160 e. The first-order chi connectivity index (χ1) is 10.2. The van der Waals surface area contributed by atoms with Crippen molar-refractivity contribution in [2.24, 2.45) is 0 Å². The number of benzene rings is 2. The lowest BCUT2D eigenvalue weighted by Crippen LogP contribution is -2.13. The molecule has 104 valence electrons. The van der Waals surface area contributed by atoms with E-state index in [2.05, 4.69) is 59.4 Å². The van der Waals surface area contributed by atoms with Crippen LogP contribution in [-0.2, 0) is 0 Å². The van der Waals surface area contributed by atoms with E-state index in [9.17, 15) is 0 Å². The molecule has 0 atom stereocenters. The van der Waals surface area contributed by atoms with Gasteiger partial charge < -0.3 is 4.18 Å². The molecule has 0 spiro atoms. The molecule has 1 aliphatic heterocycles. The van der Waals surface area contributed by atoms with Gasteiger partial charge in [-0.05, 0) is 11.5 Å². The maximum atomic E-state index is 6.31. The van der Waals surface area contributed by atoms with Crippen LogP contribution in [0.5, 0.6) is 5.75 Å². The Morgan fingerprint density at radius 2 is 1.71 bits per heavy atom. The van der Waals surface area contributed by atoms with Gasteiger partial charge in [0.15, 0.2) is 5.75 Å². The molecule has 0 aliphatic carbocycles. The molecule has 0 saturated heterocycles. The molecule has 5 rings (SSSR count). The largest absolute Gasteiger partial charge is 0.442 e. The molecule has 1 aliphatic rings. The van der Waals surface area contributed by atoms with E-state index in [0.717, 1.165) is 16.9 Å². The van der Waals surface area contributed by atoms with E-state index in [1.807, 2.05) is 6.20 Å². The normalized spacial score (nSPS) is 17.4. The van der Waals surface area contributed by atoms with Crippen molar-refractivity contribution in [2.75, 3.05) is 12.5 Å². The molecule has 0 saturated carbocycles. The van der Waals surface area contributed by atoms with Crippen LogP contribution in [0.25, 0.3) is 27.3 Å². The van der Waals surface area contributed by atoms with Gasteiger partial charge in [0.1, 0.15) is 10.7 Å². The average Bonchev–Trinajstić information content (AvgIpc) is 2.93. The summed E-state index contributed by atoms with van der Waals surface area (Å²) in [5, 5.41) is 4.85. The molecule has 2 aromatic heterocycles. The summed E-state index contributed by atoms with van der Waals surface area (Å²) in [5.41, 5.74) is 2.18. The van der Waals surface area contributed by atoms with Gasteiger partial charge in [0.05, 0.1) is 11.7 Å². The second-order valence-corrected chi connectivity index (χ2v) is 8.82. The monoisotopic (exact) mass is 294 g/mol. The van der Waals surface area contributed by atoms with Crippen LogP contribution in [0.1, 0.15) is 0 Å². The lowest BCUT2D eigenvalue weighted by atomic mass is 10.1. The predicted molar refractivity (Wildman–Crippen MR) is 88.5 cm³/mol. The number of hydrogen-bond donors (Lipinski definition) is 0.